The fourth-order valence-corrected chi connectivity index (χ4v) is 2.16. The zero-order valence-corrected chi connectivity index (χ0v) is 12.7. The number of nitrogens with zero attached hydrogens (tertiary/aromatic N) is 3. The largest absolute Gasteiger partial charge is 0.357 e. The summed E-state index contributed by atoms with van der Waals surface area (Å²) >= 11 is 6.26. The number of hydrogen-bond donors (Lipinski definition) is 1. The van der Waals surface area contributed by atoms with E-state index in [2.05, 4.69) is 46.2 Å². The highest BCUT2D eigenvalue weighted by Gasteiger charge is 2.17. The van der Waals surface area contributed by atoms with Crippen LogP contribution in [0.1, 0.15) is 19.4 Å². The van der Waals surface area contributed by atoms with Crippen LogP contribution in [0.4, 0.5) is 11.8 Å². The average Bonchev–Trinajstić information content (AvgIpc) is 2.46. The van der Waals surface area contributed by atoms with E-state index in [-0.39, 0.29) is 6.04 Å². The number of rotatable bonds is 5. The molecule has 2 aromatic rings. The van der Waals surface area contributed by atoms with E-state index in [1.807, 2.05) is 18.2 Å². The van der Waals surface area contributed by atoms with E-state index >= 15 is 0 Å². The minimum absolute atomic E-state index is 0.285. The first-order chi connectivity index (χ1) is 9.61. The molecule has 0 saturated heterocycles. The summed E-state index contributed by atoms with van der Waals surface area (Å²) in [5, 5.41) is 3.51. The number of aromatic nitrogens is 2. The summed E-state index contributed by atoms with van der Waals surface area (Å²) < 4.78 is 0. The molecule has 0 unspecified atom stereocenters. The van der Waals surface area contributed by atoms with Crippen molar-refractivity contribution in [3.63, 3.8) is 0 Å². The van der Waals surface area contributed by atoms with Gasteiger partial charge in [-0.2, -0.15) is 4.98 Å². The predicted octanol–water partition coefficient (Wildman–Crippen LogP) is 3.59. The van der Waals surface area contributed by atoms with Gasteiger partial charge in [-0.15, -0.1) is 0 Å². The normalized spacial score (nSPS) is 10.7. The molecule has 1 heterocycles. The Morgan fingerprint density at radius 1 is 1.25 bits per heavy atom. The summed E-state index contributed by atoms with van der Waals surface area (Å²) in [6, 6.07) is 10.6. The van der Waals surface area contributed by atoms with Gasteiger partial charge in [-0.3, -0.25) is 0 Å². The third-order valence-corrected chi connectivity index (χ3v) is 3.31. The van der Waals surface area contributed by atoms with Crippen LogP contribution in [0.15, 0.2) is 36.5 Å². The van der Waals surface area contributed by atoms with E-state index in [1.165, 1.54) is 5.56 Å². The number of anilines is 2. The SMILES string of the molecule is CNc1ncc(Cl)c(N(Cc2ccccc2)C(C)C)n1. The Morgan fingerprint density at radius 3 is 2.55 bits per heavy atom. The van der Waals surface area contributed by atoms with Gasteiger partial charge in [0, 0.05) is 19.6 Å². The molecule has 0 atom stereocenters. The first-order valence-corrected chi connectivity index (χ1v) is 7.00. The van der Waals surface area contributed by atoms with Crippen LogP contribution in [0.5, 0.6) is 0 Å². The molecule has 0 aliphatic rings. The lowest BCUT2D eigenvalue weighted by Gasteiger charge is -2.28. The van der Waals surface area contributed by atoms with Gasteiger partial charge in [0.1, 0.15) is 5.02 Å². The minimum atomic E-state index is 0.285. The van der Waals surface area contributed by atoms with Gasteiger partial charge in [0.25, 0.3) is 0 Å². The number of nitrogens with one attached hydrogen (secondary N) is 1. The Kier molecular flexibility index (Phi) is 4.79. The second-order valence-electron chi connectivity index (χ2n) is 4.82. The topological polar surface area (TPSA) is 41.1 Å². The van der Waals surface area contributed by atoms with Crippen LogP contribution in [0.25, 0.3) is 0 Å². The van der Waals surface area contributed by atoms with Crippen LogP contribution >= 0.6 is 11.6 Å². The first kappa shape index (κ1) is 14.6. The van der Waals surface area contributed by atoms with E-state index in [0.717, 1.165) is 12.4 Å². The predicted molar refractivity (Wildman–Crippen MR) is 84.3 cm³/mol. The van der Waals surface area contributed by atoms with Gasteiger partial charge in [-0.1, -0.05) is 41.9 Å². The van der Waals surface area contributed by atoms with Gasteiger partial charge in [0.05, 0.1) is 6.20 Å². The van der Waals surface area contributed by atoms with Crippen LogP contribution < -0.4 is 10.2 Å². The van der Waals surface area contributed by atoms with Crippen LogP contribution in [-0.4, -0.2) is 23.1 Å². The van der Waals surface area contributed by atoms with Gasteiger partial charge in [-0.05, 0) is 19.4 Å². The Bertz CT molecular complexity index is 557. The van der Waals surface area contributed by atoms with Gasteiger partial charge < -0.3 is 10.2 Å². The molecule has 20 heavy (non-hydrogen) atoms. The molecule has 0 aliphatic heterocycles. The van der Waals surface area contributed by atoms with Crippen molar-refractivity contribution in [1.82, 2.24) is 9.97 Å². The summed E-state index contributed by atoms with van der Waals surface area (Å²) in [6.45, 7) is 5.01. The third-order valence-electron chi connectivity index (χ3n) is 3.04. The standard InChI is InChI=1S/C15H19ClN4/c1-11(2)20(10-12-7-5-4-6-8-12)14-13(16)9-18-15(17-3)19-14/h4-9,11H,10H2,1-3H3,(H,17,18,19). The van der Waals surface area contributed by atoms with E-state index in [0.29, 0.717) is 11.0 Å². The lowest BCUT2D eigenvalue weighted by molar-refractivity contribution is 0.672. The number of hydrogen-bond acceptors (Lipinski definition) is 4. The fourth-order valence-electron chi connectivity index (χ4n) is 1.96. The summed E-state index contributed by atoms with van der Waals surface area (Å²) in [7, 11) is 1.80. The Labute approximate surface area is 124 Å². The van der Waals surface area contributed by atoms with E-state index in [1.54, 1.807) is 13.2 Å². The molecule has 4 nitrogen and oxygen atoms in total. The zero-order chi connectivity index (χ0) is 14.5. The monoisotopic (exact) mass is 290 g/mol. The van der Waals surface area contributed by atoms with Crippen LogP contribution in [-0.2, 0) is 6.54 Å². The van der Waals surface area contributed by atoms with Crippen molar-refractivity contribution in [3.05, 3.63) is 47.1 Å². The lowest BCUT2D eigenvalue weighted by atomic mass is 10.2. The summed E-state index contributed by atoms with van der Waals surface area (Å²) in [5.41, 5.74) is 1.22. The van der Waals surface area contributed by atoms with Gasteiger partial charge in [0.2, 0.25) is 5.95 Å². The highest BCUT2D eigenvalue weighted by molar-refractivity contribution is 6.32. The van der Waals surface area contributed by atoms with Crippen molar-refractivity contribution in [3.8, 4) is 0 Å². The molecule has 0 bridgehead atoms. The quantitative estimate of drug-likeness (QED) is 0.914. The van der Waals surface area contributed by atoms with E-state index in [9.17, 15) is 0 Å². The second kappa shape index (κ2) is 6.57. The first-order valence-electron chi connectivity index (χ1n) is 6.62. The smallest absolute Gasteiger partial charge is 0.224 e. The molecule has 1 aromatic carbocycles. The Hall–Kier alpha value is -1.81. The van der Waals surface area contributed by atoms with Crippen molar-refractivity contribution in [2.75, 3.05) is 17.3 Å². The summed E-state index contributed by atoms with van der Waals surface area (Å²) in [4.78, 5) is 10.8. The van der Waals surface area contributed by atoms with Crippen molar-refractivity contribution in [2.45, 2.75) is 26.4 Å². The average molecular weight is 291 g/mol. The molecular weight excluding hydrogens is 272 g/mol. The Morgan fingerprint density at radius 2 is 1.95 bits per heavy atom. The maximum atomic E-state index is 6.26. The highest BCUT2D eigenvalue weighted by Crippen LogP contribution is 2.27. The Balaban J connectivity index is 2.33. The third kappa shape index (κ3) is 3.39. The summed E-state index contributed by atoms with van der Waals surface area (Å²) in [6.07, 6.45) is 1.64. The van der Waals surface area contributed by atoms with Gasteiger partial charge in [-0.25, -0.2) is 4.98 Å². The maximum absolute atomic E-state index is 6.26. The molecule has 0 spiro atoms. The zero-order valence-electron chi connectivity index (χ0n) is 12.0. The highest BCUT2D eigenvalue weighted by atomic mass is 35.5. The molecule has 106 valence electrons. The summed E-state index contributed by atoms with van der Waals surface area (Å²) in [5.74, 6) is 1.33. The molecular formula is C15H19ClN4. The van der Waals surface area contributed by atoms with Crippen LogP contribution in [0.3, 0.4) is 0 Å². The number of halogens is 1. The van der Waals surface area contributed by atoms with Crippen LogP contribution in [0.2, 0.25) is 5.02 Å². The fraction of sp³-hybridized carbons (Fsp3) is 0.333. The van der Waals surface area contributed by atoms with Crippen molar-refractivity contribution in [2.24, 2.45) is 0 Å². The molecule has 0 saturated carbocycles. The molecule has 1 aromatic heterocycles. The van der Waals surface area contributed by atoms with Crippen molar-refractivity contribution < 1.29 is 0 Å². The molecule has 0 amide bonds. The van der Waals surface area contributed by atoms with E-state index < -0.39 is 0 Å². The molecule has 0 radical (unpaired) electrons. The minimum Gasteiger partial charge on any atom is -0.357 e. The van der Waals surface area contributed by atoms with Gasteiger partial charge >= 0.3 is 0 Å². The van der Waals surface area contributed by atoms with E-state index in [4.69, 9.17) is 11.6 Å². The molecule has 2 rings (SSSR count). The molecule has 5 heteroatoms. The number of benzene rings is 1. The second-order valence-corrected chi connectivity index (χ2v) is 5.23. The van der Waals surface area contributed by atoms with Gasteiger partial charge in [0.15, 0.2) is 5.82 Å². The molecule has 1 N–H and O–H groups in total. The maximum Gasteiger partial charge on any atom is 0.224 e. The lowest BCUT2D eigenvalue weighted by Crippen LogP contribution is -2.31. The van der Waals surface area contributed by atoms with Crippen molar-refractivity contribution in [1.29, 1.82) is 0 Å². The molecule has 0 aliphatic carbocycles. The molecule has 0 fully saturated rings. The van der Waals surface area contributed by atoms with Crippen LogP contribution in [0, 0.1) is 0 Å². The van der Waals surface area contributed by atoms with Crippen molar-refractivity contribution >= 4 is 23.4 Å².